The zero-order chi connectivity index (χ0) is 20.4. The number of rotatable bonds is 2. The van der Waals surface area contributed by atoms with Crippen LogP contribution in [0.3, 0.4) is 0 Å². The molecule has 4 heteroatoms. The molecule has 2 aliphatic carbocycles. The van der Waals surface area contributed by atoms with Gasteiger partial charge in [0.2, 0.25) is 0 Å². The summed E-state index contributed by atoms with van der Waals surface area (Å²) in [6.07, 6.45) is 7.37. The lowest BCUT2D eigenvalue weighted by Gasteiger charge is -2.21. The Morgan fingerprint density at radius 2 is 1.97 bits per heavy atom. The first-order valence-electron chi connectivity index (χ1n) is 10.5. The SMILES string of the molecule is Cc1nn(C)c2sc(C(=O)C3C=c4c(ccc5c4=CCc4ccccc4-5)CC3)cc12. The molecule has 2 aromatic carbocycles. The highest BCUT2D eigenvalue weighted by Gasteiger charge is 2.25. The van der Waals surface area contributed by atoms with Crippen LogP contribution in [0, 0.1) is 12.8 Å². The van der Waals surface area contributed by atoms with Crippen LogP contribution < -0.4 is 10.4 Å². The highest BCUT2D eigenvalue weighted by atomic mass is 32.1. The van der Waals surface area contributed by atoms with Crippen LogP contribution >= 0.6 is 11.3 Å². The van der Waals surface area contributed by atoms with Crippen molar-refractivity contribution in [2.24, 2.45) is 13.0 Å². The van der Waals surface area contributed by atoms with Crippen LogP contribution in [-0.2, 0) is 19.9 Å². The van der Waals surface area contributed by atoms with Crippen LogP contribution in [0.2, 0.25) is 0 Å². The number of ketones is 1. The number of carbonyl (C=O) groups is 1. The van der Waals surface area contributed by atoms with Crippen LogP contribution in [0.4, 0.5) is 0 Å². The van der Waals surface area contributed by atoms with Gasteiger partial charge in [0.1, 0.15) is 4.83 Å². The predicted octanol–water partition coefficient (Wildman–Crippen LogP) is 4.17. The maximum absolute atomic E-state index is 13.4. The molecule has 0 radical (unpaired) electrons. The summed E-state index contributed by atoms with van der Waals surface area (Å²) in [5.41, 5.74) is 6.35. The maximum Gasteiger partial charge on any atom is 0.179 e. The normalized spacial score (nSPS) is 16.9. The van der Waals surface area contributed by atoms with E-state index in [9.17, 15) is 4.79 Å². The summed E-state index contributed by atoms with van der Waals surface area (Å²) in [5.74, 6) is 0.186. The molecule has 0 amide bonds. The Hall–Kier alpha value is -2.98. The fraction of sp³-hybridized carbons (Fsp3) is 0.231. The number of thiophene rings is 1. The number of nitrogens with zero attached hydrogens (tertiary/aromatic N) is 2. The van der Waals surface area contributed by atoms with E-state index in [1.54, 1.807) is 11.3 Å². The van der Waals surface area contributed by atoms with E-state index in [1.807, 2.05) is 24.7 Å². The second kappa shape index (κ2) is 6.51. The molecule has 0 aliphatic heterocycles. The third kappa shape index (κ3) is 2.56. The molecule has 0 saturated carbocycles. The number of Topliss-reactive ketones (excluding diaryl/α,β-unsaturated/α-hetero) is 1. The first-order valence-corrected chi connectivity index (χ1v) is 11.3. The van der Waals surface area contributed by atoms with Gasteiger partial charge >= 0.3 is 0 Å². The lowest BCUT2D eigenvalue weighted by atomic mass is 9.83. The number of hydrogen-bond donors (Lipinski definition) is 0. The molecule has 2 aliphatic rings. The number of hydrogen-bond acceptors (Lipinski definition) is 3. The summed E-state index contributed by atoms with van der Waals surface area (Å²) in [5, 5.41) is 8.14. The molecule has 0 N–H and O–H groups in total. The summed E-state index contributed by atoms with van der Waals surface area (Å²) in [6, 6.07) is 15.2. The maximum atomic E-state index is 13.4. The van der Waals surface area contributed by atoms with Crippen molar-refractivity contribution in [3.63, 3.8) is 0 Å². The second-order valence-electron chi connectivity index (χ2n) is 8.38. The van der Waals surface area contributed by atoms with E-state index >= 15 is 0 Å². The Kier molecular flexibility index (Phi) is 3.87. The number of aryl methyl sites for hydroxylation is 3. The average molecular weight is 411 g/mol. The largest absolute Gasteiger partial charge is 0.293 e. The number of carbonyl (C=O) groups excluding carboxylic acids is 1. The van der Waals surface area contributed by atoms with Crippen molar-refractivity contribution in [3.8, 4) is 11.1 Å². The Balaban J connectivity index is 1.46. The molecule has 2 aromatic heterocycles. The van der Waals surface area contributed by atoms with Crippen molar-refractivity contribution in [1.82, 2.24) is 9.78 Å². The highest BCUT2D eigenvalue weighted by Crippen LogP contribution is 2.31. The van der Waals surface area contributed by atoms with Gasteiger partial charge in [-0.25, -0.2) is 0 Å². The van der Waals surface area contributed by atoms with E-state index < -0.39 is 0 Å². The van der Waals surface area contributed by atoms with Crippen LogP contribution in [0.15, 0.2) is 42.5 Å². The highest BCUT2D eigenvalue weighted by molar-refractivity contribution is 7.20. The first-order chi connectivity index (χ1) is 14.6. The quantitative estimate of drug-likeness (QED) is 0.465. The summed E-state index contributed by atoms with van der Waals surface area (Å²) >= 11 is 1.57. The zero-order valence-corrected chi connectivity index (χ0v) is 17.9. The fourth-order valence-electron chi connectivity index (χ4n) is 5.04. The van der Waals surface area contributed by atoms with Gasteiger partial charge in [0, 0.05) is 18.4 Å². The Morgan fingerprint density at radius 3 is 2.83 bits per heavy atom. The van der Waals surface area contributed by atoms with Gasteiger partial charge in [0.15, 0.2) is 5.78 Å². The standard InChI is InChI=1S/C26H22N2OS/c1-15-22-14-24(30-26(22)28(2)27-15)25(29)18-8-7-17-10-11-20-19-6-4-3-5-16(19)9-12-21(20)23(17)13-18/h3-6,10-14,18H,7-9H2,1-2H3. The molecule has 3 nitrogen and oxygen atoms in total. The van der Waals surface area contributed by atoms with Crippen molar-refractivity contribution >= 4 is 39.5 Å². The number of benzene rings is 2. The van der Waals surface area contributed by atoms with E-state index in [1.165, 1.54) is 32.7 Å². The molecule has 30 heavy (non-hydrogen) atoms. The molecule has 0 saturated heterocycles. The minimum absolute atomic E-state index is 0.0594. The zero-order valence-electron chi connectivity index (χ0n) is 17.1. The van der Waals surface area contributed by atoms with Crippen molar-refractivity contribution in [2.75, 3.05) is 0 Å². The summed E-state index contributed by atoms with van der Waals surface area (Å²) in [7, 11) is 1.95. The van der Waals surface area contributed by atoms with Crippen molar-refractivity contribution < 1.29 is 4.79 Å². The molecule has 1 atom stereocenters. The minimum Gasteiger partial charge on any atom is -0.293 e. The van der Waals surface area contributed by atoms with Crippen molar-refractivity contribution in [2.45, 2.75) is 26.2 Å². The van der Waals surface area contributed by atoms with Crippen LogP contribution in [-0.4, -0.2) is 15.6 Å². The van der Waals surface area contributed by atoms with Crippen molar-refractivity contribution in [3.05, 3.63) is 74.6 Å². The second-order valence-corrected chi connectivity index (χ2v) is 9.41. The van der Waals surface area contributed by atoms with E-state index in [-0.39, 0.29) is 11.7 Å². The number of fused-ring (bicyclic) bond motifs is 6. The molecule has 4 aromatic rings. The summed E-state index contributed by atoms with van der Waals surface area (Å²) < 4.78 is 1.88. The Labute approximate surface area is 179 Å². The number of aromatic nitrogens is 2. The van der Waals surface area contributed by atoms with Gasteiger partial charge in [-0.05, 0) is 64.9 Å². The Morgan fingerprint density at radius 1 is 1.10 bits per heavy atom. The van der Waals surface area contributed by atoms with Gasteiger partial charge in [-0.2, -0.15) is 5.10 Å². The lowest BCUT2D eigenvalue weighted by Crippen LogP contribution is -2.36. The monoisotopic (exact) mass is 410 g/mol. The van der Waals surface area contributed by atoms with E-state index in [0.29, 0.717) is 0 Å². The van der Waals surface area contributed by atoms with E-state index in [4.69, 9.17) is 0 Å². The van der Waals surface area contributed by atoms with Gasteiger partial charge in [-0.3, -0.25) is 9.48 Å². The minimum atomic E-state index is -0.0594. The fourth-order valence-corrected chi connectivity index (χ4v) is 6.16. The average Bonchev–Trinajstić information content (AvgIpc) is 3.33. The molecule has 148 valence electrons. The van der Waals surface area contributed by atoms with Gasteiger partial charge < -0.3 is 0 Å². The third-order valence-corrected chi connectivity index (χ3v) is 7.80. The van der Waals surface area contributed by atoms with Gasteiger partial charge in [0.25, 0.3) is 0 Å². The summed E-state index contributed by atoms with van der Waals surface area (Å²) in [4.78, 5) is 15.3. The van der Waals surface area contributed by atoms with E-state index in [2.05, 4.69) is 53.6 Å². The summed E-state index contributed by atoms with van der Waals surface area (Å²) in [6.45, 7) is 2.01. The van der Waals surface area contributed by atoms with Gasteiger partial charge in [-0.15, -0.1) is 11.3 Å². The molecular formula is C26H22N2OS. The van der Waals surface area contributed by atoms with Crippen LogP contribution in [0.5, 0.6) is 0 Å². The smallest absolute Gasteiger partial charge is 0.179 e. The molecule has 0 bridgehead atoms. The van der Waals surface area contributed by atoms with E-state index in [0.717, 1.165) is 40.1 Å². The molecular weight excluding hydrogens is 388 g/mol. The predicted molar refractivity (Wildman–Crippen MR) is 123 cm³/mol. The Bertz CT molecular complexity index is 1440. The molecule has 0 fully saturated rings. The van der Waals surface area contributed by atoms with Gasteiger partial charge in [0.05, 0.1) is 10.6 Å². The lowest BCUT2D eigenvalue weighted by molar-refractivity contribution is 0.0951. The molecule has 0 spiro atoms. The topological polar surface area (TPSA) is 34.9 Å². The first kappa shape index (κ1) is 17.8. The van der Waals surface area contributed by atoms with Crippen LogP contribution in [0.25, 0.3) is 33.5 Å². The molecule has 2 heterocycles. The van der Waals surface area contributed by atoms with Crippen LogP contribution in [0.1, 0.15) is 32.9 Å². The molecule has 6 rings (SSSR count). The molecule has 1 unspecified atom stereocenters. The third-order valence-electron chi connectivity index (χ3n) is 6.58. The van der Waals surface area contributed by atoms with Crippen molar-refractivity contribution in [1.29, 1.82) is 0 Å². The van der Waals surface area contributed by atoms with Gasteiger partial charge in [-0.1, -0.05) is 48.6 Å².